The summed E-state index contributed by atoms with van der Waals surface area (Å²) in [4.78, 5) is 0. The summed E-state index contributed by atoms with van der Waals surface area (Å²) >= 11 is 0. The fourth-order valence-electron chi connectivity index (χ4n) is 5.60. The van der Waals surface area contributed by atoms with Crippen LogP contribution < -0.4 is 0 Å². The van der Waals surface area contributed by atoms with Gasteiger partial charge in [0.15, 0.2) is 0 Å². The molecule has 8 atom stereocenters. The van der Waals surface area contributed by atoms with Gasteiger partial charge in [-0.25, -0.2) is 0 Å². The van der Waals surface area contributed by atoms with Gasteiger partial charge in [-0.05, 0) is 40.5 Å². The van der Waals surface area contributed by atoms with E-state index in [0.717, 1.165) is 12.8 Å². The van der Waals surface area contributed by atoms with E-state index in [-0.39, 0.29) is 36.3 Å². The number of hydrogen-bond donors (Lipinski definition) is 2. The van der Waals surface area contributed by atoms with E-state index in [4.69, 9.17) is 9.47 Å². The highest BCUT2D eigenvalue weighted by Gasteiger charge is 2.70. The highest BCUT2D eigenvalue weighted by atomic mass is 16.5. The summed E-state index contributed by atoms with van der Waals surface area (Å²) in [6.07, 6.45) is 2.39. The standard InChI is InChI=1S/C18H32O4/c1-7-9-11-12(10(8-2)21-9)16-14(18(5,6)20)13(15(11)22-16)17(3,4)19/h9-16,19-20H,7-8H2,1-6H3. The number of hydrogen-bond acceptors (Lipinski definition) is 4. The van der Waals surface area contributed by atoms with Crippen LogP contribution in [0.15, 0.2) is 0 Å². The molecule has 2 N–H and O–H groups in total. The fraction of sp³-hybridized carbons (Fsp3) is 1.00. The van der Waals surface area contributed by atoms with Gasteiger partial charge in [-0.15, -0.1) is 0 Å². The van der Waals surface area contributed by atoms with E-state index >= 15 is 0 Å². The lowest BCUT2D eigenvalue weighted by Gasteiger charge is -2.46. The molecule has 3 saturated heterocycles. The van der Waals surface area contributed by atoms with E-state index < -0.39 is 11.2 Å². The van der Waals surface area contributed by atoms with Crippen molar-refractivity contribution in [1.29, 1.82) is 0 Å². The van der Waals surface area contributed by atoms with E-state index in [9.17, 15) is 10.2 Å². The predicted molar refractivity (Wildman–Crippen MR) is 84.5 cm³/mol. The smallest absolute Gasteiger partial charge is 0.0696 e. The van der Waals surface area contributed by atoms with Crippen molar-refractivity contribution in [2.75, 3.05) is 0 Å². The van der Waals surface area contributed by atoms with Gasteiger partial charge < -0.3 is 19.7 Å². The predicted octanol–water partition coefficient (Wildman–Crippen LogP) is 2.36. The molecule has 0 radical (unpaired) electrons. The summed E-state index contributed by atoms with van der Waals surface area (Å²) in [6, 6.07) is 0. The first kappa shape index (κ1) is 16.7. The molecule has 0 aromatic heterocycles. The number of fused-ring (bicyclic) bond motifs is 5. The van der Waals surface area contributed by atoms with Gasteiger partial charge in [-0.1, -0.05) is 13.8 Å². The third-order valence-electron chi connectivity index (χ3n) is 6.26. The highest BCUT2D eigenvalue weighted by molar-refractivity contribution is 5.17. The average molecular weight is 312 g/mol. The van der Waals surface area contributed by atoms with E-state index in [1.807, 2.05) is 27.7 Å². The Morgan fingerprint density at radius 2 is 1.09 bits per heavy atom. The van der Waals surface area contributed by atoms with Crippen LogP contribution in [0.25, 0.3) is 0 Å². The normalized spacial score (nSPS) is 48.0. The molecular weight excluding hydrogens is 280 g/mol. The van der Waals surface area contributed by atoms with Gasteiger partial charge in [-0.3, -0.25) is 0 Å². The molecule has 128 valence electrons. The molecule has 0 aromatic carbocycles. The zero-order valence-corrected chi connectivity index (χ0v) is 14.7. The molecule has 0 spiro atoms. The first-order chi connectivity index (χ1) is 10.1. The largest absolute Gasteiger partial charge is 0.390 e. The Morgan fingerprint density at radius 1 is 0.727 bits per heavy atom. The third kappa shape index (κ3) is 2.26. The summed E-state index contributed by atoms with van der Waals surface area (Å²) < 4.78 is 12.7. The van der Waals surface area contributed by atoms with Crippen molar-refractivity contribution in [3.05, 3.63) is 0 Å². The van der Waals surface area contributed by atoms with Crippen molar-refractivity contribution in [2.45, 2.75) is 90.0 Å². The lowest BCUT2D eigenvalue weighted by atomic mass is 9.58. The molecule has 3 aliphatic rings. The molecule has 0 saturated carbocycles. The minimum atomic E-state index is -0.863. The summed E-state index contributed by atoms with van der Waals surface area (Å²) in [5, 5.41) is 21.5. The Kier molecular flexibility index (Phi) is 3.92. The summed E-state index contributed by atoms with van der Waals surface area (Å²) in [7, 11) is 0. The maximum atomic E-state index is 10.7. The van der Waals surface area contributed by atoms with Crippen molar-refractivity contribution >= 4 is 0 Å². The first-order valence-corrected chi connectivity index (χ1v) is 8.86. The van der Waals surface area contributed by atoms with Gasteiger partial charge in [0.05, 0.1) is 35.6 Å². The van der Waals surface area contributed by atoms with Gasteiger partial charge >= 0.3 is 0 Å². The average Bonchev–Trinajstić information content (AvgIpc) is 3.04. The SMILES string of the molecule is CCC1OC(CC)C2C3OC(C12)C(C(C)(C)O)C3C(C)(C)O. The summed E-state index contributed by atoms with van der Waals surface area (Å²) in [5.41, 5.74) is -1.73. The van der Waals surface area contributed by atoms with Crippen molar-refractivity contribution in [1.82, 2.24) is 0 Å². The lowest BCUT2D eigenvalue weighted by Crippen LogP contribution is -2.56. The molecule has 0 aliphatic carbocycles. The Hall–Kier alpha value is -0.160. The number of rotatable bonds is 4. The third-order valence-corrected chi connectivity index (χ3v) is 6.26. The molecule has 4 nitrogen and oxygen atoms in total. The van der Waals surface area contributed by atoms with Crippen LogP contribution in [0, 0.1) is 23.7 Å². The Balaban J connectivity index is 2.00. The monoisotopic (exact) mass is 312 g/mol. The summed E-state index contributed by atoms with van der Waals surface area (Å²) in [5.74, 6) is 0.615. The minimum absolute atomic E-state index is 0.00655. The second-order valence-electron chi connectivity index (χ2n) is 8.61. The van der Waals surface area contributed by atoms with E-state index in [0.29, 0.717) is 11.8 Å². The van der Waals surface area contributed by atoms with E-state index in [1.54, 1.807) is 0 Å². The zero-order valence-electron chi connectivity index (χ0n) is 14.7. The van der Waals surface area contributed by atoms with Crippen molar-refractivity contribution in [3.63, 3.8) is 0 Å². The second kappa shape index (κ2) is 5.17. The van der Waals surface area contributed by atoms with Crippen LogP contribution in [0.3, 0.4) is 0 Å². The van der Waals surface area contributed by atoms with Gasteiger partial charge in [-0.2, -0.15) is 0 Å². The topological polar surface area (TPSA) is 58.9 Å². The zero-order chi connectivity index (χ0) is 16.4. The first-order valence-electron chi connectivity index (χ1n) is 8.86. The molecule has 22 heavy (non-hydrogen) atoms. The molecule has 3 fully saturated rings. The quantitative estimate of drug-likeness (QED) is 0.837. The van der Waals surface area contributed by atoms with Gasteiger partial charge in [0.2, 0.25) is 0 Å². The van der Waals surface area contributed by atoms with E-state index in [2.05, 4.69) is 13.8 Å². The van der Waals surface area contributed by atoms with Crippen LogP contribution in [0.1, 0.15) is 54.4 Å². The van der Waals surface area contributed by atoms with Gasteiger partial charge in [0.1, 0.15) is 0 Å². The maximum Gasteiger partial charge on any atom is 0.0696 e. The van der Waals surface area contributed by atoms with Crippen molar-refractivity contribution in [2.24, 2.45) is 23.7 Å². The highest BCUT2D eigenvalue weighted by Crippen LogP contribution is 2.61. The number of ether oxygens (including phenoxy) is 2. The Labute approximate surface area is 134 Å². The van der Waals surface area contributed by atoms with E-state index in [1.165, 1.54) is 0 Å². The minimum Gasteiger partial charge on any atom is -0.390 e. The molecule has 3 rings (SSSR count). The molecule has 3 aliphatic heterocycles. The molecule has 2 bridgehead atoms. The molecule has 4 heteroatoms. The van der Waals surface area contributed by atoms with Crippen LogP contribution in [-0.4, -0.2) is 45.8 Å². The Morgan fingerprint density at radius 3 is 1.36 bits per heavy atom. The Bertz CT molecular complexity index is 384. The van der Waals surface area contributed by atoms with Crippen LogP contribution in [0.5, 0.6) is 0 Å². The van der Waals surface area contributed by atoms with Crippen LogP contribution in [-0.2, 0) is 9.47 Å². The van der Waals surface area contributed by atoms with Gasteiger partial charge in [0, 0.05) is 23.7 Å². The maximum absolute atomic E-state index is 10.7. The fourth-order valence-corrected chi connectivity index (χ4v) is 5.60. The molecule has 0 amide bonds. The lowest BCUT2D eigenvalue weighted by molar-refractivity contribution is -0.1000. The van der Waals surface area contributed by atoms with Crippen LogP contribution in [0.4, 0.5) is 0 Å². The van der Waals surface area contributed by atoms with Crippen molar-refractivity contribution in [3.8, 4) is 0 Å². The van der Waals surface area contributed by atoms with Crippen molar-refractivity contribution < 1.29 is 19.7 Å². The molecular formula is C18H32O4. The van der Waals surface area contributed by atoms with Crippen LogP contribution in [0.2, 0.25) is 0 Å². The molecule has 3 heterocycles. The number of aliphatic hydroxyl groups is 2. The summed E-state index contributed by atoms with van der Waals surface area (Å²) in [6.45, 7) is 11.7. The van der Waals surface area contributed by atoms with Gasteiger partial charge in [0.25, 0.3) is 0 Å². The van der Waals surface area contributed by atoms with Crippen LogP contribution >= 0.6 is 0 Å². The second-order valence-corrected chi connectivity index (χ2v) is 8.61. The molecule has 8 unspecified atom stereocenters. The molecule has 0 aromatic rings.